The Kier molecular flexibility index (Phi) is 5.57. The molecule has 0 aromatic heterocycles. The molecule has 1 saturated heterocycles. The molecule has 0 amide bonds. The summed E-state index contributed by atoms with van der Waals surface area (Å²) in [6, 6.07) is 4.34. The van der Waals surface area contributed by atoms with E-state index in [1.54, 1.807) is 6.92 Å². The third-order valence-electron chi connectivity index (χ3n) is 3.95. The molecule has 1 heterocycles. The molecule has 1 unspecified atom stereocenters. The van der Waals surface area contributed by atoms with Gasteiger partial charge in [-0.3, -0.25) is 0 Å². The van der Waals surface area contributed by atoms with Gasteiger partial charge in [-0.05, 0) is 37.2 Å². The van der Waals surface area contributed by atoms with Crippen LogP contribution in [0.25, 0.3) is 0 Å². The minimum absolute atomic E-state index is 0.0139. The first kappa shape index (κ1) is 18.1. The van der Waals surface area contributed by atoms with Crippen molar-refractivity contribution in [1.82, 2.24) is 5.32 Å². The maximum absolute atomic E-state index is 12.6. The summed E-state index contributed by atoms with van der Waals surface area (Å²) in [5, 5.41) is 3.15. The second kappa shape index (κ2) is 7.09. The van der Waals surface area contributed by atoms with Crippen LogP contribution in [0.5, 0.6) is 5.75 Å². The Morgan fingerprint density at radius 1 is 1.30 bits per heavy atom. The molecule has 2 atom stereocenters. The number of halogens is 3. The summed E-state index contributed by atoms with van der Waals surface area (Å²) in [5.41, 5.74) is -0.759. The molecule has 1 aromatic rings. The number of ether oxygens (including phenoxy) is 1. The van der Waals surface area contributed by atoms with Crippen LogP contribution in [0, 0.1) is 5.92 Å². The average molecular weight is 351 g/mol. The van der Waals surface area contributed by atoms with Crippen molar-refractivity contribution in [3.05, 3.63) is 29.8 Å². The van der Waals surface area contributed by atoms with Gasteiger partial charge in [-0.25, -0.2) is 8.42 Å². The van der Waals surface area contributed by atoms with Gasteiger partial charge in [0.25, 0.3) is 0 Å². The molecule has 1 N–H and O–H groups in total. The number of alkyl halides is 3. The van der Waals surface area contributed by atoms with Crippen molar-refractivity contribution >= 4 is 9.84 Å². The molecule has 130 valence electrons. The van der Waals surface area contributed by atoms with Gasteiger partial charge < -0.3 is 10.1 Å². The number of hydrogen-bond donors (Lipinski definition) is 1. The van der Waals surface area contributed by atoms with Crippen LogP contribution in [0.2, 0.25) is 0 Å². The first-order valence-electron chi connectivity index (χ1n) is 7.46. The van der Waals surface area contributed by atoms with Crippen LogP contribution in [-0.4, -0.2) is 39.1 Å². The Hall–Kier alpha value is -1.28. The number of hydrogen-bond acceptors (Lipinski definition) is 4. The Morgan fingerprint density at radius 2 is 1.96 bits per heavy atom. The summed E-state index contributed by atoms with van der Waals surface area (Å²) in [4.78, 5) is 0. The first-order valence-corrected chi connectivity index (χ1v) is 9.28. The highest BCUT2D eigenvalue weighted by atomic mass is 32.2. The normalized spacial score (nSPS) is 20.4. The van der Waals surface area contributed by atoms with Crippen LogP contribution in [0.15, 0.2) is 24.3 Å². The second-order valence-electron chi connectivity index (χ2n) is 5.63. The number of rotatable bonds is 6. The fraction of sp³-hybridized carbons (Fsp3) is 0.600. The summed E-state index contributed by atoms with van der Waals surface area (Å²) in [6.07, 6.45) is -4.18. The maximum Gasteiger partial charge on any atom is 0.416 e. The highest BCUT2D eigenvalue weighted by Gasteiger charge is 2.32. The molecule has 0 spiro atoms. The van der Waals surface area contributed by atoms with E-state index in [9.17, 15) is 21.6 Å². The van der Waals surface area contributed by atoms with Gasteiger partial charge in [-0.15, -0.1) is 0 Å². The van der Waals surface area contributed by atoms with Crippen molar-refractivity contribution in [2.24, 2.45) is 5.92 Å². The van der Waals surface area contributed by atoms with Crippen molar-refractivity contribution in [3.63, 3.8) is 0 Å². The number of sulfone groups is 1. The lowest BCUT2D eigenvalue weighted by atomic mass is 10.0. The van der Waals surface area contributed by atoms with Crippen LogP contribution < -0.4 is 10.1 Å². The number of nitrogens with one attached hydrogen (secondary N) is 1. The van der Waals surface area contributed by atoms with E-state index in [4.69, 9.17) is 4.74 Å². The number of benzene rings is 1. The highest BCUT2D eigenvalue weighted by Crippen LogP contribution is 2.31. The van der Waals surface area contributed by atoms with Gasteiger partial charge >= 0.3 is 6.18 Å². The standard InChI is InChI=1S/C15H20F3NO3S/c1-2-23(20,21)10-14(11-7-8-19-9-11)22-13-5-3-12(4-6-13)15(16,17)18/h3-6,11,14,19H,2,7-10H2,1H3/t11?,14-/m1/s1. The predicted molar refractivity (Wildman–Crippen MR) is 81.2 cm³/mol. The molecule has 1 fully saturated rings. The van der Waals surface area contributed by atoms with Gasteiger partial charge in [0.1, 0.15) is 11.9 Å². The van der Waals surface area contributed by atoms with Gasteiger partial charge in [0.15, 0.2) is 9.84 Å². The van der Waals surface area contributed by atoms with Crippen molar-refractivity contribution in [2.75, 3.05) is 24.6 Å². The van der Waals surface area contributed by atoms with E-state index in [0.717, 1.165) is 25.1 Å². The topological polar surface area (TPSA) is 55.4 Å². The SMILES string of the molecule is CCS(=O)(=O)C[C@@H](Oc1ccc(C(F)(F)F)cc1)C1CCNC1. The quantitative estimate of drug-likeness (QED) is 0.856. The zero-order valence-corrected chi connectivity index (χ0v) is 13.6. The van der Waals surface area contributed by atoms with E-state index in [2.05, 4.69) is 5.32 Å². The lowest BCUT2D eigenvalue weighted by Gasteiger charge is -2.24. The van der Waals surface area contributed by atoms with E-state index in [1.165, 1.54) is 12.1 Å². The zero-order valence-electron chi connectivity index (χ0n) is 12.8. The summed E-state index contributed by atoms with van der Waals surface area (Å²) in [6.45, 7) is 2.99. The molecule has 0 bridgehead atoms. The van der Waals surface area contributed by atoms with Crippen LogP contribution in [0.1, 0.15) is 18.9 Å². The minimum atomic E-state index is -4.40. The molecule has 0 aliphatic carbocycles. The molecular formula is C15H20F3NO3S. The van der Waals surface area contributed by atoms with Gasteiger partial charge in [0.05, 0.1) is 11.3 Å². The van der Waals surface area contributed by atoms with Crippen molar-refractivity contribution in [2.45, 2.75) is 25.6 Å². The Bertz CT molecular complexity index is 608. The fourth-order valence-electron chi connectivity index (χ4n) is 2.53. The lowest BCUT2D eigenvalue weighted by molar-refractivity contribution is -0.137. The van der Waals surface area contributed by atoms with Gasteiger partial charge in [0, 0.05) is 18.2 Å². The molecule has 4 nitrogen and oxygen atoms in total. The summed E-state index contributed by atoms with van der Waals surface area (Å²) in [7, 11) is -3.24. The molecule has 0 radical (unpaired) electrons. The molecule has 1 aliphatic rings. The van der Waals surface area contributed by atoms with E-state index >= 15 is 0 Å². The van der Waals surface area contributed by atoms with Crippen molar-refractivity contribution < 1.29 is 26.3 Å². The summed E-state index contributed by atoms with van der Waals surface area (Å²) in [5.74, 6) is 0.163. The third kappa shape index (κ3) is 5.10. The lowest BCUT2D eigenvalue weighted by Crippen LogP contribution is -2.36. The summed E-state index contributed by atoms with van der Waals surface area (Å²) >= 11 is 0. The minimum Gasteiger partial charge on any atom is -0.489 e. The smallest absolute Gasteiger partial charge is 0.416 e. The van der Waals surface area contributed by atoms with Crippen molar-refractivity contribution in [3.8, 4) is 5.75 Å². The molecular weight excluding hydrogens is 331 g/mol. The van der Waals surface area contributed by atoms with E-state index in [-0.39, 0.29) is 23.2 Å². The maximum atomic E-state index is 12.6. The third-order valence-corrected chi connectivity index (χ3v) is 5.67. The van der Waals surface area contributed by atoms with E-state index in [1.807, 2.05) is 0 Å². The predicted octanol–water partition coefficient (Wildman–Crippen LogP) is 2.50. The largest absolute Gasteiger partial charge is 0.489 e. The monoisotopic (exact) mass is 351 g/mol. The summed E-state index contributed by atoms with van der Waals surface area (Å²) < 4.78 is 67.2. The zero-order chi connectivity index (χ0) is 17.1. The highest BCUT2D eigenvalue weighted by molar-refractivity contribution is 7.91. The molecule has 1 aromatic carbocycles. The first-order chi connectivity index (χ1) is 10.7. The molecule has 2 rings (SSSR count). The van der Waals surface area contributed by atoms with Gasteiger partial charge in [0.2, 0.25) is 0 Å². The van der Waals surface area contributed by atoms with Gasteiger partial charge in [-0.1, -0.05) is 6.92 Å². The van der Waals surface area contributed by atoms with E-state index < -0.39 is 27.7 Å². The van der Waals surface area contributed by atoms with Crippen LogP contribution in [0.3, 0.4) is 0 Å². The second-order valence-corrected chi connectivity index (χ2v) is 8.03. The van der Waals surface area contributed by atoms with E-state index in [0.29, 0.717) is 6.54 Å². The van der Waals surface area contributed by atoms with Crippen LogP contribution in [0.4, 0.5) is 13.2 Å². The molecule has 23 heavy (non-hydrogen) atoms. The molecule has 8 heteroatoms. The molecule has 1 aliphatic heterocycles. The van der Waals surface area contributed by atoms with Gasteiger partial charge in [-0.2, -0.15) is 13.2 Å². The average Bonchev–Trinajstić information content (AvgIpc) is 3.00. The van der Waals surface area contributed by atoms with Crippen LogP contribution >= 0.6 is 0 Å². The fourth-order valence-corrected chi connectivity index (χ4v) is 3.60. The van der Waals surface area contributed by atoms with Crippen molar-refractivity contribution in [1.29, 1.82) is 0 Å². The van der Waals surface area contributed by atoms with Crippen LogP contribution in [-0.2, 0) is 16.0 Å². The Morgan fingerprint density at radius 3 is 2.43 bits per heavy atom. The molecule has 0 saturated carbocycles. The Labute approximate surface area is 133 Å². The Balaban J connectivity index is 2.13.